The number of hydrogen-bond acceptors (Lipinski definition) is 5. The maximum Gasteiger partial charge on any atom is 0.420 e. The van der Waals surface area contributed by atoms with Gasteiger partial charge >= 0.3 is 5.76 Å². The number of fused-ring (bicyclic) bond motifs is 1. The molecule has 1 aromatic carbocycles. The number of oxazole rings is 1. The first-order valence-electron chi connectivity index (χ1n) is 10.0. The Balaban J connectivity index is 1.25. The summed E-state index contributed by atoms with van der Waals surface area (Å²) in [6, 6.07) is 14.9. The molecule has 152 valence electrons. The third-order valence-electron chi connectivity index (χ3n) is 5.26. The van der Waals surface area contributed by atoms with E-state index >= 15 is 0 Å². The third kappa shape index (κ3) is 3.63. The van der Waals surface area contributed by atoms with E-state index in [1.165, 1.54) is 10.3 Å². The van der Waals surface area contributed by atoms with Gasteiger partial charge in [-0.2, -0.15) is 5.10 Å². The van der Waals surface area contributed by atoms with Gasteiger partial charge in [-0.3, -0.25) is 19.0 Å². The second kappa shape index (κ2) is 7.62. The highest BCUT2D eigenvalue weighted by Crippen LogP contribution is 2.41. The van der Waals surface area contributed by atoms with Crippen LogP contribution in [0.15, 0.2) is 63.9 Å². The molecule has 8 heteroatoms. The van der Waals surface area contributed by atoms with Crippen LogP contribution in [0, 0.1) is 0 Å². The zero-order valence-corrected chi connectivity index (χ0v) is 16.3. The van der Waals surface area contributed by atoms with Crippen LogP contribution >= 0.6 is 0 Å². The van der Waals surface area contributed by atoms with Gasteiger partial charge in [-0.25, -0.2) is 4.79 Å². The molecule has 1 N–H and O–H groups in total. The first kappa shape index (κ1) is 18.4. The van der Waals surface area contributed by atoms with E-state index in [0.717, 1.165) is 24.2 Å². The molecule has 3 aromatic heterocycles. The maximum atomic E-state index is 12.4. The van der Waals surface area contributed by atoms with Crippen LogP contribution in [0.2, 0.25) is 0 Å². The van der Waals surface area contributed by atoms with Gasteiger partial charge in [0.25, 0.3) is 0 Å². The molecule has 0 radical (unpaired) electrons. The lowest BCUT2D eigenvalue weighted by Crippen LogP contribution is -2.33. The Bertz CT molecular complexity index is 1250. The van der Waals surface area contributed by atoms with Gasteiger partial charge in [-0.05, 0) is 43.2 Å². The van der Waals surface area contributed by atoms with Crippen LogP contribution < -0.4 is 11.1 Å². The Labute approximate surface area is 172 Å². The molecule has 0 bridgehead atoms. The molecule has 0 saturated heterocycles. The molecular weight excluding hydrogens is 382 g/mol. The molecule has 0 atom stereocenters. The van der Waals surface area contributed by atoms with Gasteiger partial charge in [0.15, 0.2) is 5.58 Å². The molecule has 0 spiro atoms. The van der Waals surface area contributed by atoms with Gasteiger partial charge < -0.3 is 9.73 Å². The van der Waals surface area contributed by atoms with Gasteiger partial charge in [-0.15, -0.1) is 0 Å². The lowest BCUT2D eigenvalue weighted by molar-refractivity contribution is -0.121. The van der Waals surface area contributed by atoms with Crippen LogP contribution in [0.25, 0.3) is 22.5 Å². The number of aromatic nitrogens is 4. The molecule has 4 aromatic rings. The van der Waals surface area contributed by atoms with E-state index in [4.69, 9.17) is 9.52 Å². The van der Waals surface area contributed by atoms with Crippen LogP contribution in [0.3, 0.4) is 0 Å². The average molecular weight is 403 g/mol. The normalized spacial score (nSPS) is 13.6. The first-order valence-corrected chi connectivity index (χ1v) is 10.0. The van der Waals surface area contributed by atoms with Crippen LogP contribution in [-0.4, -0.2) is 31.8 Å². The largest absolute Gasteiger partial charge is 0.420 e. The molecule has 0 aliphatic heterocycles. The molecule has 30 heavy (non-hydrogen) atoms. The van der Waals surface area contributed by atoms with Crippen molar-refractivity contribution in [1.82, 2.24) is 24.6 Å². The molecule has 1 aliphatic rings. The van der Waals surface area contributed by atoms with Crippen molar-refractivity contribution in [2.45, 2.75) is 31.8 Å². The van der Waals surface area contributed by atoms with Crippen molar-refractivity contribution in [2.75, 3.05) is 6.54 Å². The predicted octanol–water partition coefficient (Wildman–Crippen LogP) is 2.55. The number of pyridine rings is 1. The van der Waals surface area contributed by atoms with Crippen molar-refractivity contribution in [2.24, 2.45) is 0 Å². The molecule has 1 aliphatic carbocycles. The summed E-state index contributed by atoms with van der Waals surface area (Å²) in [4.78, 5) is 28.8. The van der Waals surface area contributed by atoms with Crippen LogP contribution in [0.5, 0.6) is 0 Å². The first-order chi connectivity index (χ1) is 14.7. The number of hydrogen-bond donors (Lipinski definition) is 1. The summed E-state index contributed by atoms with van der Waals surface area (Å²) in [5.74, 6) is -0.246. The van der Waals surface area contributed by atoms with E-state index in [9.17, 15) is 9.59 Å². The van der Waals surface area contributed by atoms with E-state index in [-0.39, 0.29) is 12.5 Å². The Morgan fingerprint density at radius 1 is 1.13 bits per heavy atom. The monoisotopic (exact) mass is 403 g/mol. The van der Waals surface area contributed by atoms with E-state index < -0.39 is 5.76 Å². The molecule has 8 nitrogen and oxygen atoms in total. The highest BCUT2D eigenvalue weighted by molar-refractivity contribution is 5.79. The summed E-state index contributed by atoms with van der Waals surface area (Å²) in [6.45, 7) is 0.904. The fourth-order valence-corrected chi connectivity index (χ4v) is 3.62. The second-order valence-electron chi connectivity index (χ2n) is 7.44. The predicted molar refractivity (Wildman–Crippen MR) is 111 cm³/mol. The molecule has 1 fully saturated rings. The lowest BCUT2D eigenvalue weighted by atomic mass is 10.2. The van der Waals surface area contributed by atoms with Crippen LogP contribution in [0.1, 0.15) is 24.5 Å². The summed E-state index contributed by atoms with van der Waals surface area (Å²) >= 11 is 0. The summed E-state index contributed by atoms with van der Waals surface area (Å²) in [7, 11) is 0. The van der Waals surface area contributed by atoms with Crippen molar-refractivity contribution in [3.8, 4) is 11.4 Å². The number of carbonyl (C=O) groups is 1. The lowest BCUT2D eigenvalue weighted by Gasteiger charge is -2.08. The zero-order valence-electron chi connectivity index (χ0n) is 16.3. The Kier molecular flexibility index (Phi) is 4.66. The van der Waals surface area contributed by atoms with E-state index in [2.05, 4.69) is 16.4 Å². The SMILES string of the molecule is O=C(Cn1c(=O)oc2ccccc21)NCCn1nc(-c2ccccn2)cc1C1CC1. The molecule has 5 rings (SSSR count). The van der Waals surface area contributed by atoms with Crippen molar-refractivity contribution in [3.05, 3.63) is 71.0 Å². The number of rotatable bonds is 7. The minimum atomic E-state index is -0.533. The molecule has 3 heterocycles. The number of amides is 1. The van der Waals surface area contributed by atoms with Gasteiger partial charge in [0, 0.05) is 24.4 Å². The summed E-state index contributed by atoms with van der Waals surface area (Å²) in [5, 5.41) is 7.58. The van der Waals surface area contributed by atoms with Crippen molar-refractivity contribution in [1.29, 1.82) is 0 Å². The Morgan fingerprint density at radius 2 is 1.97 bits per heavy atom. The maximum absolute atomic E-state index is 12.4. The third-order valence-corrected chi connectivity index (χ3v) is 5.26. The number of benzene rings is 1. The fraction of sp³-hybridized carbons (Fsp3) is 0.273. The van der Waals surface area contributed by atoms with Gasteiger partial charge in [0.1, 0.15) is 12.2 Å². The van der Waals surface area contributed by atoms with Gasteiger partial charge in [0.05, 0.1) is 17.8 Å². The van der Waals surface area contributed by atoms with Crippen LogP contribution in [-0.2, 0) is 17.9 Å². The van der Waals surface area contributed by atoms with E-state index in [1.54, 1.807) is 24.4 Å². The van der Waals surface area contributed by atoms with E-state index in [1.807, 2.05) is 28.9 Å². The minimum Gasteiger partial charge on any atom is -0.408 e. The summed E-state index contributed by atoms with van der Waals surface area (Å²) in [5.41, 5.74) is 3.96. The topological polar surface area (TPSA) is 94.9 Å². The molecule has 0 unspecified atom stereocenters. The van der Waals surface area contributed by atoms with Gasteiger partial charge in [-0.1, -0.05) is 18.2 Å². The standard InChI is InChI=1S/C22H21N5O3/c28-21(14-26-18-6-1-2-7-20(18)30-22(26)29)24-11-12-27-19(15-8-9-15)13-17(25-27)16-5-3-4-10-23-16/h1-7,10,13,15H,8-9,11-12,14H2,(H,24,28). The molecule has 1 saturated carbocycles. The Morgan fingerprint density at radius 3 is 2.77 bits per heavy atom. The summed E-state index contributed by atoms with van der Waals surface area (Å²) < 4.78 is 8.48. The van der Waals surface area contributed by atoms with Crippen molar-refractivity contribution < 1.29 is 9.21 Å². The molecule has 1 amide bonds. The van der Waals surface area contributed by atoms with Crippen molar-refractivity contribution >= 4 is 17.0 Å². The zero-order chi connectivity index (χ0) is 20.5. The number of para-hydroxylation sites is 2. The smallest absolute Gasteiger partial charge is 0.408 e. The van der Waals surface area contributed by atoms with Crippen molar-refractivity contribution in [3.63, 3.8) is 0 Å². The average Bonchev–Trinajstić information content (AvgIpc) is 3.45. The van der Waals surface area contributed by atoms with E-state index in [0.29, 0.717) is 30.1 Å². The Hall–Kier alpha value is -3.68. The number of nitrogens with one attached hydrogen (secondary N) is 1. The summed E-state index contributed by atoms with van der Waals surface area (Å²) in [6.07, 6.45) is 4.08. The quantitative estimate of drug-likeness (QED) is 0.512. The van der Waals surface area contributed by atoms with Crippen LogP contribution in [0.4, 0.5) is 0 Å². The molecular formula is C22H21N5O3. The highest BCUT2D eigenvalue weighted by atomic mass is 16.4. The second-order valence-corrected chi connectivity index (χ2v) is 7.44. The number of carbonyl (C=O) groups excluding carboxylic acids is 1. The highest BCUT2D eigenvalue weighted by Gasteiger charge is 2.28. The van der Waals surface area contributed by atoms with Gasteiger partial charge in [0.2, 0.25) is 5.91 Å². The number of nitrogens with zero attached hydrogens (tertiary/aromatic N) is 4. The fourth-order valence-electron chi connectivity index (χ4n) is 3.62. The minimum absolute atomic E-state index is 0.0797.